The van der Waals surface area contributed by atoms with Gasteiger partial charge in [0.2, 0.25) is 5.91 Å². The van der Waals surface area contributed by atoms with E-state index < -0.39 is 0 Å². The lowest BCUT2D eigenvalue weighted by atomic mass is 9.94. The molecule has 0 unspecified atom stereocenters. The van der Waals surface area contributed by atoms with Crippen LogP contribution in [0.4, 0.5) is 5.69 Å². The maximum Gasteiger partial charge on any atom is 0.254 e. The van der Waals surface area contributed by atoms with E-state index in [1.807, 2.05) is 71.6 Å². The van der Waals surface area contributed by atoms with Crippen LogP contribution in [-0.2, 0) is 4.79 Å². The Morgan fingerprint density at radius 2 is 1.57 bits per heavy atom. The standard InChI is InChI=1S/C23H21IN2O2/c24-18-8-10-19(11-9-18)25-22(27)17-12-14-26(15-13-17)23(28)21-7-3-5-16-4-1-2-6-20(16)21/h1-11,17H,12-15H2,(H,25,27). The number of halogens is 1. The average Bonchev–Trinajstić information content (AvgIpc) is 2.74. The number of anilines is 1. The molecule has 1 fully saturated rings. The Kier molecular flexibility index (Phi) is 5.62. The van der Waals surface area contributed by atoms with Crippen molar-refractivity contribution in [3.05, 3.63) is 75.9 Å². The van der Waals surface area contributed by atoms with Crippen LogP contribution in [0.5, 0.6) is 0 Å². The molecule has 0 aromatic heterocycles. The van der Waals surface area contributed by atoms with Gasteiger partial charge in [0.25, 0.3) is 5.91 Å². The first-order valence-electron chi connectivity index (χ1n) is 9.45. The van der Waals surface area contributed by atoms with Crippen LogP contribution in [0.3, 0.4) is 0 Å². The van der Waals surface area contributed by atoms with Crippen molar-refractivity contribution in [2.45, 2.75) is 12.8 Å². The molecular formula is C23H21IN2O2. The number of carbonyl (C=O) groups is 2. The van der Waals surface area contributed by atoms with Crippen LogP contribution in [0, 0.1) is 9.49 Å². The third-order valence-corrected chi connectivity index (χ3v) is 6.00. The minimum Gasteiger partial charge on any atom is -0.339 e. The first-order chi connectivity index (χ1) is 13.6. The lowest BCUT2D eigenvalue weighted by Gasteiger charge is -2.31. The lowest BCUT2D eigenvalue weighted by Crippen LogP contribution is -2.41. The van der Waals surface area contributed by atoms with Crippen molar-refractivity contribution in [3.63, 3.8) is 0 Å². The van der Waals surface area contributed by atoms with Crippen molar-refractivity contribution in [1.29, 1.82) is 0 Å². The molecule has 3 aromatic carbocycles. The zero-order valence-corrected chi connectivity index (χ0v) is 17.6. The molecule has 0 bridgehead atoms. The normalized spacial score (nSPS) is 14.8. The first-order valence-corrected chi connectivity index (χ1v) is 10.5. The average molecular weight is 484 g/mol. The fourth-order valence-corrected chi connectivity index (χ4v) is 4.06. The number of hydrogen-bond acceptors (Lipinski definition) is 2. The molecule has 3 aromatic rings. The molecule has 0 atom stereocenters. The van der Waals surface area contributed by atoms with Gasteiger partial charge in [-0.2, -0.15) is 0 Å². The van der Waals surface area contributed by atoms with Gasteiger partial charge in [0.05, 0.1) is 0 Å². The predicted molar refractivity (Wildman–Crippen MR) is 120 cm³/mol. The number of rotatable bonds is 3. The molecular weight excluding hydrogens is 463 g/mol. The van der Waals surface area contributed by atoms with E-state index in [0.717, 1.165) is 25.6 Å². The second-order valence-electron chi connectivity index (χ2n) is 7.09. The second-order valence-corrected chi connectivity index (χ2v) is 8.33. The van der Waals surface area contributed by atoms with E-state index in [2.05, 4.69) is 27.9 Å². The Balaban J connectivity index is 1.40. The van der Waals surface area contributed by atoms with Gasteiger partial charge in [-0.3, -0.25) is 9.59 Å². The van der Waals surface area contributed by atoms with Gasteiger partial charge in [0, 0.05) is 33.8 Å². The summed E-state index contributed by atoms with van der Waals surface area (Å²) in [7, 11) is 0. The summed E-state index contributed by atoms with van der Waals surface area (Å²) in [5, 5.41) is 5.04. The third kappa shape index (κ3) is 4.04. The molecule has 4 rings (SSSR count). The molecule has 28 heavy (non-hydrogen) atoms. The summed E-state index contributed by atoms with van der Waals surface area (Å²) in [6.07, 6.45) is 1.37. The number of likely N-dealkylation sites (tertiary alicyclic amines) is 1. The molecule has 1 aliphatic rings. The van der Waals surface area contributed by atoms with Crippen LogP contribution in [0.1, 0.15) is 23.2 Å². The van der Waals surface area contributed by atoms with Crippen LogP contribution >= 0.6 is 22.6 Å². The fraction of sp³-hybridized carbons (Fsp3) is 0.217. The largest absolute Gasteiger partial charge is 0.339 e. The number of nitrogens with one attached hydrogen (secondary N) is 1. The van der Waals surface area contributed by atoms with Crippen molar-refractivity contribution in [2.75, 3.05) is 18.4 Å². The summed E-state index contributed by atoms with van der Waals surface area (Å²) < 4.78 is 1.14. The fourth-order valence-electron chi connectivity index (χ4n) is 3.70. The second kappa shape index (κ2) is 8.31. The van der Waals surface area contributed by atoms with E-state index in [-0.39, 0.29) is 17.7 Å². The molecule has 5 heteroatoms. The van der Waals surface area contributed by atoms with Gasteiger partial charge in [-0.25, -0.2) is 0 Å². The molecule has 1 N–H and O–H groups in total. The summed E-state index contributed by atoms with van der Waals surface area (Å²) in [6, 6.07) is 21.6. The Bertz CT molecular complexity index is 1000. The van der Waals surface area contributed by atoms with Crippen LogP contribution in [0.15, 0.2) is 66.7 Å². The van der Waals surface area contributed by atoms with E-state index in [9.17, 15) is 9.59 Å². The highest BCUT2D eigenvalue weighted by Crippen LogP contribution is 2.24. The summed E-state index contributed by atoms with van der Waals surface area (Å²) in [5.74, 6) is 0.0302. The van der Waals surface area contributed by atoms with Crippen LogP contribution in [-0.4, -0.2) is 29.8 Å². The molecule has 2 amide bonds. The highest BCUT2D eigenvalue weighted by molar-refractivity contribution is 14.1. The smallest absolute Gasteiger partial charge is 0.254 e. The predicted octanol–water partition coefficient (Wildman–Crippen LogP) is 4.94. The third-order valence-electron chi connectivity index (χ3n) is 5.28. The van der Waals surface area contributed by atoms with Gasteiger partial charge in [-0.15, -0.1) is 0 Å². The molecule has 4 nitrogen and oxygen atoms in total. The molecule has 0 aliphatic carbocycles. The Morgan fingerprint density at radius 3 is 2.32 bits per heavy atom. The van der Waals surface area contributed by atoms with Crippen LogP contribution in [0.25, 0.3) is 10.8 Å². The van der Waals surface area contributed by atoms with Crippen molar-refractivity contribution >= 4 is 50.9 Å². The zero-order chi connectivity index (χ0) is 19.5. The minimum atomic E-state index is -0.0594. The topological polar surface area (TPSA) is 49.4 Å². The number of carbonyl (C=O) groups excluding carboxylic acids is 2. The van der Waals surface area contributed by atoms with Gasteiger partial charge in [-0.05, 0) is 76.5 Å². The highest BCUT2D eigenvalue weighted by Gasteiger charge is 2.28. The van der Waals surface area contributed by atoms with Crippen LogP contribution in [0.2, 0.25) is 0 Å². The van der Waals surface area contributed by atoms with Gasteiger partial charge < -0.3 is 10.2 Å². The highest BCUT2D eigenvalue weighted by atomic mass is 127. The molecule has 0 saturated carbocycles. The van der Waals surface area contributed by atoms with E-state index in [4.69, 9.17) is 0 Å². The maximum atomic E-state index is 13.0. The van der Waals surface area contributed by atoms with Crippen molar-refractivity contribution in [2.24, 2.45) is 5.92 Å². The lowest BCUT2D eigenvalue weighted by molar-refractivity contribution is -0.121. The van der Waals surface area contributed by atoms with Crippen LogP contribution < -0.4 is 5.32 Å². The van der Waals surface area contributed by atoms with E-state index in [1.54, 1.807) is 0 Å². The summed E-state index contributed by atoms with van der Waals surface area (Å²) in [4.78, 5) is 27.5. The van der Waals surface area contributed by atoms with Gasteiger partial charge in [-0.1, -0.05) is 36.4 Å². The Labute approximate surface area is 178 Å². The molecule has 1 saturated heterocycles. The van der Waals surface area contributed by atoms with E-state index in [1.165, 1.54) is 0 Å². The van der Waals surface area contributed by atoms with E-state index >= 15 is 0 Å². The van der Waals surface area contributed by atoms with Crippen molar-refractivity contribution in [3.8, 4) is 0 Å². The van der Waals surface area contributed by atoms with Crippen molar-refractivity contribution < 1.29 is 9.59 Å². The summed E-state index contributed by atoms with van der Waals surface area (Å²) >= 11 is 2.24. The number of nitrogens with zero attached hydrogens (tertiary/aromatic N) is 1. The van der Waals surface area contributed by atoms with Gasteiger partial charge >= 0.3 is 0 Å². The number of amides is 2. The quantitative estimate of drug-likeness (QED) is 0.536. The Hall–Kier alpha value is -2.41. The minimum absolute atomic E-state index is 0.0402. The molecule has 1 heterocycles. The van der Waals surface area contributed by atoms with Gasteiger partial charge in [0.15, 0.2) is 0 Å². The Morgan fingerprint density at radius 1 is 0.893 bits per heavy atom. The monoisotopic (exact) mass is 484 g/mol. The maximum absolute atomic E-state index is 13.0. The SMILES string of the molecule is O=C(Nc1ccc(I)cc1)C1CCN(C(=O)c2cccc3ccccc23)CC1. The zero-order valence-electron chi connectivity index (χ0n) is 15.4. The first kappa shape index (κ1) is 18.9. The molecule has 1 aliphatic heterocycles. The molecule has 142 valence electrons. The molecule has 0 radical (unpaired) electrons. The van der Waals surface area contributed by atoms with E-state index in [0.29, 0.717) is 25.9 Å². The number of benzene rings is 3. The molecule has 0 spiro atoms. The summed E-state index contributed by atoms with van der Waals surface area (Å²) in [5.41, 5.74) is 1.56. The van der Waals surface area contributed by atoms with Crippen molar-refractivity contribution in [1.82, 2.24) is 4.90 Å². The number of fused-ring (bicyclic) bond motifs is 1. The summed E-state index contributed by atoms with van der Waals surface area (Å²) in [6.45, 7) is 1.21. The van der Waals surface area contributed by atoms with Gasteiger partial charge in [0.1, 0.15) is 0 Å². The number of piperidine rings is 1. The number of hydrogen-bond donors (Lipinski definition) is 1.